The van der Waals surface area contributed by atoms with E-state index in [9.17, 15) is 14.4 Å². The second-order valence-electron chi connectivity index (χ2n) is 6.00. The van der Waals surface area contributed by atoms with Gasteiger partial charge in [0.25, 0.3) is 0 Å². The van der Waals surface area contributed by atoms with Crippen LogP contribution in [0.25, 0.3) is 0 Å². The number of nitrogens with one attached hydrogen (secondary N) is 1. The largest absolute Gasteiger partial charge is 0.466 e. The van der Waals surface area contributed by atoms with E-state index < -0.39 is 0 Å². The van der Waals surface area contributed by atoms with Crippen molar-refractivity contribution < 1.29 is 23.5 Å². The standard InChI is InChI=1S/C20H23NO5/c1-4-11-25-20(24)15-5-7-16(8-6-15)21-19(23)10-9-17-12-18(13(2)22)14(3)26-17/h5-8,12H,4,9-11H2,1-3H3,(H,21,23). The molecule has 26 heavy (non-hydrogen) atoms. The van der Waals surface area contributed by atoms with E-state index in [2.05, 4.69) is 5.32 Å². The van der Waals surface area contributed by atoms with Crippen molar-refractivity contribution >= 4 is 23.3 Å². The number of ketones is 1. The molecule has 2 rings (SSSR count). The van der Waals surface area contributed by atoms with Gasteiger partial charge in [-0.25, -0.2) is 4.79 Å². The van der Waals surface area contributed by atoms with Crippen LogP contribution in [0.15, 0.2) is 34.7 Å². The van der Waals surface area contributed by atoms with E-state index >= 15 is 0 Å². The first-order valence-electron chi connectivity index (χ1n) is 8.58. The van der Waals surface area contributed by atoms with E-state index in [1.165, 1.54) is 6.92 Å². The Labute approximate surface area is 152 Å². The van der Waals surface area contributed by atoms with E-state index in [-0.39, 0.29) is 24.1 Å². The van der Waals surface area contributed by atoms with Gasteiger partial charge < -0.3 is 14.5 Å². The number of rotatable bonds is 8. The molecule has 0 spiro atoms. The number of hydrogen-bond donors (Lipinski definition) is 1. The average Bonchev–Trinajstić information content (AvgIpc) is 2.99. The van der Waals surface area contributed by atoms with Crippen molar-refractivity contribution in [2.45, 2.75) is 40.0 Å². The number of Topliss-reactive ketones (excluding diaryl/α,β-unsaturated/α-hetero) is 1. The molecular formula is C20H23NO5. The fraction of sp³-hybridized carbons (Fsp3) is 0.350. The van der Waals surface area contributed by atoms with Gasteiger partial charge in [-0.1, -0.05) is 6.92 Å². The van der Waals surface area contributed by atoms with Crippen LogP contribution >= 0.6 is 0 Å². The molecule has 0 atom stereocenters. The topological polar surface area (TPSA) is 85.6 Å². The zero-order chi connectivity index (χ0) is 19.1. The third-order valence-electron chi connectivity index (χ3n) is 3.79. The molecule has 2 aromatic rings. The highest BCUT2D eigenvalue weighted by atomic mass is 16.5. The van der Waals surface area contributed by atoms with E-state index in [1.54, 1.807) is 37.3 Å². The number of carbonyl (C=O) groups excluding carboxylic acids is 3. The number of hydrogen-bond acceptors (Lipinski definition) is 5. The summed E-state index contributed by atoms with van der Waals surface area (Å²) >= 11 is 0. The predicted octanol–water partition coefficient (Wildman–Crippen LogP) is 3.93. The van der Waals surface area contributed by atoms with Crippen molar-refractivity contribution in [3.05, 3.63) is 53.0 Å². The van der Waals surface area contributed by atoms with E-state index in [4.69, 9.17) is 9.15 Å². The lowest BCUT2D eigenvalue weighted by Crippen LogP contribution is -2.12. The molecule has 1 amide bonds. The molecule has 1 N–H and O–H groups in total. The lowest BCUT2D eigenvalue weighted by Gasteiger charge is -2.06. The first-order valence-corrected chi connectivity index (χ1v) is 8.58. The first kappa shape index (κ1) is 19.4. The molecule has 0 unspecified atom stereocenters. The quantitative estimate of drug-likeness (QED) is 0.571. The fourth-order valence-electron chi connectivity index (χ4n) is 2.44. The monoisotopic (exact) mass is 357 g/mol. The minimum Gasteiger partial charge on any atom is -0.466 e. The molecule has 0 aliphatic rings. The average molecular weight is 357 g/mol. The van der Waals surface area contributed by atoms with Crippen molar-refractivity contribution in [2.75, 3.05) is 11.9 Å². The lowest BCUT2D eigenvalue weighted by atomic mass is 10.1. The number of carbonyl (C=O) groups is 3. The maximum absolute atomic E-state index is 12.1. The molecule has 1 aromatic carbocycles. The summed E-state index contributed by atoms with van der Waals surface area (Å²) in [6.07, 6.45) is 1.40. The molecule has 1 aromatic heterocycles. The van der Waals surface area contributed by atoms with Crippen molar-refractivity contribution in [1.29, 1.82) is 0 Å². The van der Waals surface area contributed by atoms with Crippen molar-refractivity contribution in [3.63, 3.8) is 0 Å². The van der Waals surface area contributed by atoms with Gasteiger partial charge in [0.15, 0.2) is 5.78 Å². The molecule has 0 aliphatic heterocycles. The van der Waals surface area contributed by atoms with Gasteiger partial charge in [-0.2, -0.15) is 0 Å². The van der Waals surface area contributed by atoms with Crippen molar-refractivity contribution in [3.8, 4) is 0 Å². The third kappa shape index (κ3) is 5.31. The Morgan fingerprint density at radius 1 is 1.15 bits per heavy atom. The summed E-state index contributed by atoms with van der Waals surface area (Å²) in [5, 5.41) is 2.77. The van der Waals surface area contributed by atoms with Crippen LogP contribution in [0, 0.1) is 6.92 Å². The Kier molecular flexibility index (Phi) is 6.72. The third-order valence-corrected chi connectivity index (χ3v) is 3.79. The Bertz CT molecular complexity index is 789. The molecule has 6 nitrogen and oxygen atoms in total. The van der Waals surface area contributed by atoms with Gasteiger partial charge in [0.05, 0.1) is 17.7 Å². The Hall–Kier alpha value is -2.89. The van der Waals surface area contributed by atoms with Gasteiger partial charge >= 0.3 is 5.97 Å². The number of benzene rings is 1. The molecule has 0 radical (unpaired) electrons. The number of aryl methyl sites for hydroxylation is 2. The van der Waals surface area contributed by atoms with Crippen molar-refractivity contribution in [1.82, 2.24) is 0 Å². The number of furan rings is 1. The van der Waals surface area contributed by atoms with E-state index in [0.717, 1.165) is 6.42 Å². The first-order chi connectivity index (χ1) is 12.4. The van der Waals surface area contributed by atoms with Crippen LogP contribution in [0.1, 0.15) is 58.9 Å². The van der Waals surface area contributed by atoms with Gasteiger partial charge in [-0.05, 0) is 50.6 Å². The van der Waals surface area contributed by atoms with Gasteiger partial charge in [0.1, 0.15) is 11.5 Å². The second kappa shape index (κ2) is 8.99. The minimum absolute atomic E-state index is 0.0560. The number of ether oxygens (including phenoxy) is 1. The molecule has 138 valence electrons. The molecule has 0 bridgehead atoms. The summed E-state index contributed by atoms with van der Waals surface area (Å²) in [7, 11) is 0. The number of anilines is 1. The van der Waals surface area contributed by atoms with Gasteiger partial charge in [0, 0.05) is 18.5 Å². The van der Waals surface area contributed by atoms with Crippen LogP contribution in [-0.4, -0.2) is 24.3 Å². The Morgan fingerprint density at radius 3 is 2.42 bits per heavy atom. The van der Waals surface area contributed by atoms with E-state index in [0.29, 0.717) is 41.4 Å². The maximum atomic E-state index is 12.1. The summed E-state index contributed by atoms with van der Waals surface area (Å²) in [5.74, 6) is 0.568. The summed E-state index contributed by atoms with van der Waals surface area (Å²) < 4.78 is 10.6. The highest BCUT2D eigenvalue weighted by Gasteiger charge is 2.13. The molecule has 0 aliphatic carbocycles. The summed E-state index contributed by atoms with van der Waals surface area (Å²) in [6, 6.07) is 8.23. The fourth-order valence-corrected chi connectivity index (χ4v) is 2.44. The molecular weight excluding hydrogens is 334 g/mol. The zero-order valence-corrected chi connectivity index (χ0v) is 15.3. The summed E-state index contributed by atoms with van der Waals surface area (Å²) in [6.45, 7) is 5.52. The summed E-state index contributed by atoms with van der Waals surface area (Å²) in [4.78, 5) is 35.2. The smallest absolute Gasteiger partial charge is 0.338 e. The predicted molar refractivity (Wildman–Crippen MR) is 97.4 cm³/mol. The Morgan fingerprint density at radius 2 is 1.85 bits per heavy atom. The molecule has 0 saturated heterocycles. The number of amides is 1. The van der Waals surface area contributed by atoms with Crippen molar-refractivity contribution in [2.24, 2.45) is 0 Å². The number of esters is 1. The molecule has 0 saturated carbocycles. The van der Waals surface area contributed by atoms with Gasteiger partial charge in [0.2, 0.25) is 5.91 Å². The molecule has 1 heterocycles. The minimum atomic E-state index is -0.376. The van der Waals surface area contributed by atoms with Crippen LogP contribution in [-0.2, 0) is 16.0 Å². The van der Waals surface area contributed by atoms with E-state index in [1.807, 2.05) is 6.92 Å². The summed E-state index contributed by atoms with van der Waals surface area (Å²) in [5.41, 5.74) is 1.59. The Balaban J connectivity index is 1.86. The SMILES string of the molecule is CCCOC(=O)c1ccc(NC(=O)CCc2cc(C(C)=O)c(C)o2)cc1. The highest BCUT2D eigenvalue weighted by Crippen LogP contribution is 2.17. The highest BCUT2D eigenvalue weighted by molar-refractivity contribution is 5.95. The maximum Gasteiger partial charge on any atom is 0.338 e. The van der Waals surface area contributed by atoms with Crippen LogP contribution in [0.4, 0.5) is 5.69 Å². The molecule has 0 fully saturated rings. The normalized spacial score (nSPS) is 10.4. The second-order valence-corrected chi connectivity index (χ2v) is 6.00. The van der Waals surface area contributed by atoms with Crippen LogP contribution < -0.4 is 5.32 Å². The van der Waals surface area contributed by atoms with Gasteiger partial charge in [-0.15, -0.1) is 0 Å². The van der Waals surface area contributed by atoms with Crippen LogP contribution in [0.5, 0.6) is 0 Å². The lowest BCUT2D eigenvalue weighted by molar-refractivity contribution is -0.116. The van der Waals surface area contributed by atoms with Crippen LogP contribution in [0.3, 0.4) is 0 Å². The zero-order valence-electron chi connectivity index (χ0n) is 15.3. The van der Waals surface area contributed by atoms with Crippen LogP contribution in [0.2, 0.25) is 0 Å². The van der Waals surface area contributed by atoms with Gasteiger partial charge in [-0.3, -0.25) is 9.59 Å². The molecule has 6 heteroatoms.